The van der Waals surface area contributed by atoms with Gasteiger partial charge in [-0.2, -0.15) is 8.42 Å². The summed E-state index contributed by atoms with van der Waals surface area (Å²) in [6.45, 7) is 2.52. The van der Waals surface area contributed by atoms with E-state index in [0.29, 0.717) is 30.8 Å². The van der Waals surface area contributed by atoms with Gasteiger partial charge in [-0.05, 0) is 47.9 Å². The molecular weight excluding hydrogens is 473 g/mol. The van der Waals surface area contributed by atoms with Crippen molar-refractivity contribution in [3.05, 3.63) is 81.3 Å². The van der Waals surface area contributed by atoms with Crippen molar-refractivity contribution in [2.75, 3.05) is 6.61 Å². The molecule has 3 rings (SSSR count). The number of halogens is 2. The Morgan fingerprint density at radius 2 is 1.75 bits per heavy atom. The molecule has 170 valence electrons. The average Bonchev–Trinajstić information content (AvgIpc) is 2.75. The molecule has 0 amide bonds. The lowest BCUT2D eigenvalue weighted by molar-refractivity contribution is 0.320. The largest absolute Gasteiger partial charge is 0.508 e. The van der Waals surface area contributed by atoms with E-state index in [9.17, 15) is 13.5 Å². The van der Waals surface area contributed by atoms with E-state index in [1.165, 1.54) is 24.3 Å². The molecule has 0 saturated heterocycles. The Kier molecular flexibility index (Phi) is 7.90. The topological polar surface area (TPSA) is 98.8 Å². The van der Waals surface area contributed by atoms with Gasteiger partial charge in [0.05, 0.1) is 16.7 Å². The molecular formula is C23H23Cl2NO5S. The second-order valence-electron chi connectivity index (χ2n) is 7.02. The zero-order valence-electron chi connectivity index (χ0n) is 17.3. The van der Waals surface area contributed by atoms with Gasteiger partial charge in [0.15, 0.2) is 0 Å². The van der Waals surface area contributed by atoms with E-state index in [0.717, 1.165) is 11.1 Å². The van der Waals surface area contributed by atoms with E-state index in [1.807, 2.05) is 19.1 Å². The van der Waals surface area contributed by atoms with Crippen molar-refractivity contribution < 1.29 is 22.4 Å². The summed E-state index contributed by atoms with van der Waals surface area (Å²) in [6.07, 6.45) is 1.20. The maximum absolute atomic E-state index is 12.7. The first-order valence-electron chi connectivity index (χ1n) is 9.89. The van der Waals surface area contributed by atoms with Crippen LogP contribution in [0.1, 0.15) is 23.6 Å². The number of nitrogens with two attached hydrogens (primary N) is 1. The number of rotatable bonds is 9. The molecule has 3 aromatic rings. The number of hydrogen-bond acceptors (Lipinski definition) is 6. The highest BCUT2D eigenvalue weighted by Gasteiger charge is 2.22. The minimum absolute atomic E-state index is 0.0961. The highest BCUT2D eigenvalue weighted by atomic mass is 35.5. The van der Waals surface area contributed by atoms with Crippen LogP contribution in [0.5, 0.6) is 17.2 Å². The van der Waals surface area contributed by atoms with E-state index in [4.69, 9.17) is 37.9 Å². The molecule has 9 heteroatoms. The van der Waals surface area contributed by atoms with Crippen molar-refractivity contribution in [3.63, 3.8) is 0 Å². The first-order valence-corrected chi connectivity index (χ1v) is 12.1. The zero-order chi connectivity index (χ0) is 23.3. The number of ether oxygens (including phenoxy) is 1. The predicted octanol–water partition coefficient (Wildman–Crippen LogP) is 5.11. The van der Waals surface area contributed by atoms with Gasteiger partial charge in [0.25, 0.3) is 0 Å². The quantitative estimate of drug-likeness (QED) is 0.400. The third-order valence-electron chi connectivity index (χ3n) is 4.77. The molecule has 0 radical (unpaired) electrons. The predicted molar refractivity (Wildman–Crippen MR) is 125 cm³/mol. The molecule has 0 bridgehead atoms. The van der Waals surface area contributed by atoms with Crippen LogP contribution < -0.4 is 14.7 Å². The van der Waals surface area contributed by atoms with E-state index in [-0.39, 0.29) is 33.0 Å². The van der Waals surface area contributed by atoms with Gasteiger partial charge in [-0.15, -0.1) is 0 Å². The Bertz CT molecular complexity index is 1220. The van der Waals surface area contributed by atoms with Crippen molar-refractivity contribution in [2.24, 2.45) is 5.73 Å². The maximum atomic E-state index is 12.7. The number of phenolic OH excluding ortho intramolecular Hbond substituents is 1. The van der Waals surface area contributed by atoms with Crippen molar-refractivity contribution in [1.82, 2.24) is 0 Å². The van der Waals surface area contributed by atoms with E-state index in [1.54, 1.807) is 18.2 Å². The van der Waals surface area contributed by atoms with Gasteiger partial charge in [-0.25, -0.2) is 0 Å². The molecule has 0 saturated carbocycles. The number of aryl methyl sites for hydroxylation is 1. The first kappa shape index (κ1) is 24.2. The van der Waals surface area contributed by atoms with Crippen molar-refractivity contribution in [1.29, 1.82) is 0 Å². The van der Waals surface area contributed by atoms with Gasteiger partial charge in [0, 0.05) is 24.6 Å². The van der Waals surface area contributed by atoms with E-state index in [2.05, 4.69) is 0 Å². The summed E-state index contributed by atoms with van der Waals surface area (Å²) in [4.78, 5) is -0.211. The summed E-state index contributed by atoms with van der Waals surface area (Å²) in [7, 11) is -4.19. The normalized spacial score (nSPS) is 11.4. The Labute approximate surface area is 197 Å². The summed E-state index contributed by atoms with van der Waals surface area (Å²) >= 11 is 12.0. The van der Waals surface area contributed by atoms with Gasteiger partial charge in [-0.3, -0.25) is 0 Å². The van der Waals surface area contributed by atoms with Crippen LogP contribution in [0.4, 0.5) is 0 Å². The lowest BCUT2D eigenvalue weighted by atomic mass is 10.1. The standard InChI is InChI=1S/C23H23Cl2NO5S/c1-2-15-10-18(30-9-8-16-6-7-17(14-26)21(27)12-16)13-19(11-15)31-32(28,29)22-5-3-4-20(24)23(22)25/h3-7,10-13,27H,2,8-9,14,26H2,1H3. The van der Waals surface area contributed by atoms with Crippen molar-refractivity contribution in [2.45, 2.75) is 31.2 Å². The molecule has 0 aliphatic rings. The highest BCUT2D eigenvalue weighted by molar-refractivity contribution is 7.87. The summed E-state index contributed by atoms with van der Waals surface area (Å²) in [5.41, 5.74) is 7.97. The molecule has 0 fully saturated rings. The SMILES string of the molecule is CCc1cc(OCCc2ccc(CN)c(O)c2)cc(OS(=O)(=O)c2cccc(Cl)c2Cl)c1. The van der Waals surface area contributed by atoms with Gasteiger partial charge >= 0.3 is 10.1 Å². The molecule has 3 aromatic carbocycles. The van der Waals surface area contributed by atoms with E-state index >= 15 is 0 Å². The lowest BCUT2D eigenvalue weighted by Gasteiger charge is -2.13. The maximum Gasteiger partial charge on any atom is 0.340 e. The molecule has 32 heavy (non-hydrogen) atoms. The summed E-state index contributed by atoms with van der Waals surface area (Å²) < 4.78 is 36.6. The van der Waals surface area contributed by atoms with Crippen molar-refractivity contribution >= 4 is 33.3 Å². The lowest BCUT2D eigenvalue weighted by Crippen LogP contribution is -2.11. The van der Waals surface area contributed by atoms with Gasteiger partial charge < -0.3 is 19.8 Å². The third-order valence-corrected chi connectivity index (χ3v) is 6.99. The molecule has 0 spiro atoms. The van der Waals surface area contributed by atoms with E-state index < -0.39 is 10.1 Å². The Balaban J connectivity index is 1.75. The molecule has 0 unspecified atom stereocenters. The summed E-state index contributed by atoms with van der Waals surface area (Å²) in [5, 5.41) is 9.96. The van der Waals surface area contributed by atoms with Crippen LogP contribution in [0.25, 0.3) is 0 Å². The van der Waals surface area contributed by atoms with Crippen LogP contribution in [-0.2, 0) is 29.5 Å². The summed E-state index contributed by atoms with van der Waals surface area (Å²) in [5.74, 6) is 0.730. The fraction of sp³-hybridized carbons (Fsp3) is 0.217. The highest BCUT2D eigenvalue weighted by Crippen LogP contribution is 2.32. The zero-order valence-corrected chi connectivity index (χ0v) is 19.7. The second-order valence-corrected chi connectivity index (χ2v) is 9.32. The number of phenols is 1. The Hall–Kier alpha value is -2.45. The molecule has 0 atom stereocenters. The number of hydrogen-bond donors (Lipinski definition) is 2. The smallest absolute Gasteiger partial charge is 0.340 e. The van der Waals surface area contributed by atoms with Crippen LogP contribution in [0.2, 0.25) is 10.0 Å². The molecule has 0 heterocycles. The monoisotopic (exact) mass is 495 g/mol. The fourth-order valence-corrected chi connectivity index (χ4v) is 4.69. The van der Waals surface area contributed by atoms with Crippen LogP contribution in [0, 0.1) is 0 Å². The van der Waals surface area contributed by atoms with Crippen LogP contribution in [0.15, 0.2) is 59.5 Å². The third kappa shape index (κ3) is 5.86. The minimum atomic E-state index is -4.19. The molecule has 6 nitrogen and oxygen atoms in total. The van der Waals surface area contributed by atoms with Crippen LogP contribution >= 0.6 is 23.2 Å². The average molecular weight is 496 g/mol. The van der Waals surface area contributed by atoms with Gasteiger partial charge in [-0.1, -0.05) is 48.3 Å². The van der Waals surface area contributed by atoms with Gasteiger partial charge in [0.1, 0.15) is 22.1 Å². The number of aromatic hydroxyl groups is 1. The van der Waals surface area contributed by atoms with Crippen LogP contribution in [0.3, 0.4) is 0 Å². The number of benzene rings is 3. The molecule has 3 N–H and O–H groups in total. The molecule has 0 aliphatic heterocycles. The first-order chi connectivity index (χ1) is 15.2. The van der Waals surface area contributed by atoms with Gasteiger partial charge in [0.2, 0.25) is 0 Å². The van der Waals surface area contributed by atoms with Crippen molar-refractivity contribution in [3.8, 4) is 17.2 Å². The molecule has 0 aliphatic carbocycles. The fourth-order valence-electron chi connectivity index (χ4n) is 3.04. The second kappa shape index (κ2) is 10.4. The minimum Gasteiger partial charge on any atom is -0.508 e. The Morgan fingerprint density at radius 3 is 2.44 bits per heavy atom. The Morgan fingerprint density at radius 1 is 1.00 bits per heavy atom. The summed E-state index contributed by atoms with van der Waals surface area (Å²) in [6, 6.07) is 14.6. The molecule has 0 aromatic heterocycles. The van der Waals surface area contributed by atoms with Crippen LogP contribution in [-0.4, -0.2) is 20.1 Å².